The Morgan fingerprint density at radius 1 is 1.08 bits per heavy atom. The predicted molar refractivity (Wildman–Crippen MR) is 98.4 cm³/mol. The number of halogens is 2. The van der Waals surface area contributed by atoms with Gasteiger partial charge in [0.25, 0.3) is 0 Å². The van der Waals surface area contributed by atoms with Crippen LogP contribution in [0.3, 0.4) is 0 Å². The molecule has 0 aliphatic heterocycles. The second-order valence-electron chi connectivity index (χ2n) is 6.23. The Morgan fingerprint density at radius 3 is 2.50 bits per heavy atom. The Bertz CT molecular complexity index is 927. The van der Waals surface area contributed by atoms with Crippen molar-refractivity contribution in [3.8, 4) is 11.4 Å². The van der Waals surface area contributed by atoms with Crippen molar-refractivity contribution in [2.45, 2.75) is 12.3 Å². The van der Waals surface area contributed by atoms with Gasteiger partial charge in [-0.25, -0.2) is 14.4 Å². The molecule has 2 atom stereocenters. The number of carbonyl (C=O) groups is 1. The molecule has 1 fully saturated rings. The molecule has 1 aromatic heterocycles. The minimum Gasteiger partial charge on any atom is -0.323 e. The van der Waals surface area contributed by atoms with E-state index in [1.54, 1.807) is 24.5 Å². The highest BCUT2D eigenvalue weighted by Gasteiger charge is 2.46. The molecule has 1 amide bonds. The lowest BCUT2D eigenvalue weighted by molar-refractivity contribution is -0.117. The summed E-state index contributed by atoms with van der Waals surface area (Å²) in [5.74, 6) is -0.434. The predicted octanol–water partition coefficient (Wildman–Crippen LogP) is 4.68. The van der Waals surface area contributed by atoms with E-state index in [0.717, 1.165) is 5.56 Å². The third-order valence-corrected chi connectivity index (χ3v) is 4.78. The second kappa shape index (κ2) is 6.84. The van der Waals surface area contributed by atoms with Gasteiger partial charge in [0.15, 0.2) is 5.82 Å². The summed E-state index contributed by atoms with van der Waals surface area (Å²) in [6.07, 6.45) is 3.72. The van der Waals surface area contributed by atoms with Crippen LogP contribution in [-0.2, 0) is 4.79 Å². The maximum Gasteiger partial charge on any atom is 0.228 e. The number of amides is 1. The van der Waals surface area contributed by atoms with Crippen LogP contribution in [0, 0.1) is 11.7 Å². The summed E-state index contributed by atoms with van der Waals surface area (Å²) in [4.78, 5) is 21.0. The van der Waals surface area contributed by atoms with Crippen LogP contribution < -0.4 is 5.32 Å². The maximum absolute atomic E-state index is 14.0. The van der Waals surface area contributed by atoms with E-state index in [-0.39, 0.29) is 23.6 Å². The zero-order chi connectivity index (χ0) is 18.1. The van der Waals surface area contributed by atoms with Crippen molar-refractivity contribution in [2.75, 3.05) is 5.32 Å². The topological polar surface area (TPSA) is 54.9 Å². The molecule has 1 heterocycles. The fraction of sp³-hybridized carbons (Fsp3) is 0.150. The molecular formula is C20H15ClFN3O. The van der Waals surface area contributed by atoms with Crippen molar-refractivity contribution >= 4 is 23.2 Å². The molecule has 26 heavy (non-hydrogen) atoms. The molecule has 0 radical (unpaired) electrons. The average molecular weight is 368 g/mol. The van der Waals surface area contributed by atoms with Gasteiger partial charge in [0.2, 0.25) is 5.91 Å². The summed E-state index contributed by atoms with van der Waals surface area (Å²) < 4.78 is 14.0. The van der Waals surface area contributed by atoms with Crippen LogP contribution in [0.5, 0.6) is 0 Å². The van der Waals surface area contributed by atoms with Crippen molar-refractivity contribution in [1.82, 2.24) is 9.97 Å². The first kappa shape index (κ1) is 16.7. The van der Waals surface area contributed by atoms with Crippen LogP contribution in [0.25, 0.3) is 11.4 Å². The number of hydrogen-bond donors (Lipinski definition) is 1. The summed E-state index contributed by atoms with van der Waals surface area (Å²) in [7, 11) is 0. The number of carbonyl (C=O) groups excluding carboxylic acids is 1. The zero-order valence-corrected chi connectivity index (χ0v) is 14.4. The van der Waals surface area contributed by atoms with E-state index in [4.69, 9.17) is 11.6 Å². The normalized spacial score (nSPS) is 18.4. The summed E-state index contributed by atoms with van der Waals surface area (Å²) in [5, 5.41) is 3.15. The first-order valence-corrected chi connectivity index (χ1v) is 8.63. The lowest BCUT2D eigenvalue weighted by atomic mass is 10.1. The Kier molecular flexibility index (Phi) is 4.39. The molecule has 1 N–H and O–H groups in total. The number of nitrogens with one attached hydrogen (secondary N) is 1. The van der Waals surface area contributed by atoms with Gasteiger partial charge in [-0.1, -0.05) is 48.0 Å². The monoisotopic (exact) mass is 367 g/mol. The molecule has 6 heteroatoms. The average Bonchev–Trinajstić information content (AvgIpc) is 3.43. The molecule has 4 nitrogen and oxygen atoms in total. The van der Waals surface area contributed by atoms with Crippen LogP contribution in [0.1, 0.15) is 17.9 Å². The third-order valence-electron chi connectivity index (χ3n) is 4.45. The van der Waals surface area contributed by atoms with Crippen molar-refractivity contribution in [3.63, 3.8) is 0 Å². The molecule has 3 aromatic rings. The van der Waals surface area contributed by atoms with Crippen LogP contribution in [-0.4, -0.2) is 15.9 Å². The number of aromatic nitrogens is 2. The highest BCUT2D eigenvalue weighted by Crippen LogP contribution is 2.50. The molecule has 1 aliphatic carbocycles. The van der Waals surface area contributed by atoms with Gasteiger partial charge >= 0.3 is 0 Å². The summed E-state index contributed by atoms with van der Waals surface area (Å²) in [5.41, 5.74) is 1.84. The molecule has 0 spiro atoms. The minimum absolute atomic E-state index is 0.176. The summed E-state index contributed by atoms with van der Waals surface area (Å²) in [6.45, 7) is 0. The molecule has 1 aliphatic rings. The summed E-state index contributed by atoms with van der Waals surface area (Å²) in [6, 6.07) is 14.1. The van der Waals surface area contributed by atoms with E-state index in [0.29, 0.717) is 28.5 Å². The van der Waals surface area contributed by atoms with E-state index in [1.165, 1.54) is 6.07 Å². The molecule has 130 valence electrons. The molecular weight excluding hydrogens is 353 g/mol. The molecule has 0 saturated heterocycles. The van der Waals surface area contributed by atoms with Gasteiger partial charge in [-0.3, -0.25) is 4.79 Å². The van der Waals surface area contributed by atoms with Crippen LogP contribution in [0.2, 0.25) is 5.02 Å². The van der Waals surface area contributed by atoms with Gasteiger partial charge < -0.3 is 5.32 Å². The largest absolute Gasteiger partial charge is 0.323 e. The first-order chi connectivity index (χ1) is 12.6. The lowest BCUT2D eigenvalue weighted by Crippen LogP contribution is -2.15. The molecule has 4 rings (SSSR count). The van der Waals surface area contributed by atoms with Gasteiger partial charge in [-0.2, -0.15) is 0 Å². The maximum atomic E-state index is 14.0. The fourth-order valence-corrected chi connectivity index (χ4v) is 3.34. The number of benzene rings is 2. The highest BCUT2D eigenvalue weighted by atomic mass is 35.5. The van der Waals surface area contributed by atoms with Crippen LogP contribution >= 0.6 is 11.6 Å². The number of hydrogen-bond acceptors (Lipinski definition) is 3. The summed E-state index contributed by atoms with van der Waals surface area (Å²) >= 11 is 6.08. The SMILES string of the molecule is O=C(Nc1cnc(-c2ccccc2)nc1)C1CC1c1c(F)cccc1Cl. The van der Waals surface area contributed by atoms with E-state index < -0.39 is 0 Å². The van der Waals surface area contributed by atoms with Crippen LogP contribution in [0.4, 0.5) is 10.1 Å². The van der Waals surface area contributed by atoms with Gasteiger partial charge in [-0.05, 0) is 18.6 Å². The Balaban J connectivity index is 1.43. The van der Waals surface area contributed by atoms with E-state index in [1.807, 2.05) is 30.3 Å². The van der Waals surface area contributed by atoms with Crippen LogP contribution in [0.15, 0.2) is 60.9 Å². The number of nitrogens with zero attached hydrogens (tertiary/aromatic N) is 2. The van der Waals surface area contributed by atoms with Gasteiger partial charge in [0.05, 0.1) is 18.1 Å². The second-order valence-corrected chi connectivity index (χ2v) is 6.64. The van der Waals surface area contributed by atoms with E-state index in [9.17, 15) is 9.18 Å². The van der Waals surface area contributed by atoms with Gasteiger partial charge in [-0.15, -0.1) is 0 Å². The van der Waals surface area contributed by atoms with Crippen molar-refractivity contribution in [1.29, 1.82) is 0 Å². The minimum atomic E-state index is -0.367. The third kappa shape index (κ3) is 3.30. The highest BCUT2D eigenvalue weighted by molar-refractivity contribution is 6.31. The fourth-order valence-electron chi connectivity index (χ4n) is 3.03. The Morgan fingerprint density at radius 2 is 1.81 bits per heavy atom. The van der Waals surface area contributed by atoms with E-state index >= 15 is 0 Å². The quantitative estimate of drug-likeness (QED) is 0.728. The first-order valence-electron chi connectivity index (χ1n) is 8.25. The van der Waals surface area contributed by atoms with Crippen molar-refractivity contribution < 1.29 is 9.18 Å². The molecule has 1 saturated carbocycles. The standard InChI is InChI=1S/C20H15ClFN3O/c21-16-7-4-8-17(22)18(16)14-9-15(14)20(26)25-13-10-23-19(24-11-13)12-5-2-1-3-6-12/h1-8,10-11,14-15H,9H2,(H,25,26). The molecule has 2 unspecified atom stereocenters. The molecule has 0 bridgehead atoms. The lowest BCUT2D eigenvalue weighted by Gasteiger charge is -2.07. The van der Waals surface area contributed by atoms with Gasteiger partial charge in [0, 0.05) is 28.0 Å². The van der Waals surface area contributed by atoms with E-state index in [2.05, 4.69) is 15.3 Å². The number of anilines is 1. The van der Waals surface area contributed by atoms with Crippen molar-refractivity contribution in [3.05, 3.63) is 77.3 Å². The van der Waals surface area contributed by atoms with Crippen molar-refractivity contribution in [2.24, 2.45) is 5.92 Å². The smallest absolute Gasteiger partial charge is 0.228 e. The Hall–Kier alpha value is -2.79. The molecule has 2 aromatic carbocycles. The number of rotatable bonds is 4. The van der Waals surface area contributed by atoms with Gasteiger partial charge in [0.1, 0.15) is 5.82 Å². The zero-order valence-electron chi connectivity index (χ0n) is 13.7. The Labute approximate surface area is 155 Å².